The minimum absolute atomic E-state index is 1.36. The molecule has 17 heavy (non-hydrogen) atoms. The van der Waals surface area contributed by atoms with Gasteiger partial charge in [0.05, 0.1) is 0 Å². The zero-order valence-corrected chi connectivity index (χ0v) is 13.3. The predicted molar refractivity (Wildman–Crippen MR) is 79.5 cm³/mol. The second-order valence-corrected chi connectivity index (χ2v) is 15.8. The summed E-state index contributed by atoms with van der Waals surface area (Å²) in [5.74, 6) is 5.07. The average molecular weight is 289 g/mol. The molecule has 1 aliphatic rings. The third kappa shape index (κ3) is 3.74. The fourth-order valence-electron chi connectivity index (χ4n) is 2.62. The van der Waals surface area contributed by atoms with Crippen LogP contribution in [0.2, 0.25) is 16.8 Å². The van der Waals surface area contributed by atoms with Crippen molar-refractivity contribution in [2.45, 2.75) is 48.9 Å². The molecule has 0 bridgehead atoms. The van der Waals surface area contributed by atoms with Crippen LogP contribution in [0.3, 0.4) is 0 Å². The Kier molecular flexibility index (Phi) is 4.50. The van der Waals surface area contributed by atoms with Gasteiger partial charge in [-0.1, -0.05) is 0 Å². The van der Waals surface area contributed by atoms with Crippen molar-refractivity contribution in [1.29, 1.82) is 0 Å². The van der Waals surface area contributed by atoms with Crippen LogP contribution in [0.5, 0.6) is 0 Å². The molecule has 0 aliphatic heterocycles. The van der Waals surface area contributed by atoms with Crippen LogP contribution in [0, 0.1) is 0 Å². The third-order valence-electron chi connectivity index (χ3n) is 3.95. The molecule has 0 amide bonds. The van der Waals surface area contributed by atoms with Gasteiger partial charge >= 0.3 is 109 Å². The Morgan fingerprint density at radius 3 is 2.29 bits per heavy atom. The van der Waals surface area contributed by atoms with Gasteiger partial charge in [-0.3, -0.25) is 0 Å². The summed E-state index contributed by atoms with van der Waals surface area (Å²) < 4.78 is 1.64. The fraction of sp³-hybridized carbons (Fsp3) is 0.500. The maximum atomic E-state index is 2.59. The van der Waals surface area contributed by atoms with Crippen molar-refractivity contribution >= 4 is 17.7 Å². The zero-order chi connectivity index (χ0) is 12.1. The molecule has 0 atom stereocenters. The molecule has 1 aromatic rings. The Bertz CT molecular complexity index is 368. The van der Waals surface area contributed by atoms with Crippen molar-refractivity contribution < 1.29 is 0 Å². The van der Waals surface area contributed by atoms with Crippen LogP contribution < -0.4 is 4.40 Å². The van der Waals surface area contributed by atoms with E-state index in [1.165, 1.54) is 37.4 Å². The summed E-state index contributed by atoms with van der Waals surface area (Å²) in [6.07, 6.45) is 9.61. The first kappa shape index (κ1) is 12.9. The summed E-state index contributed by atoms with van der Waals surface area (Å²) in [5.41, 5.74) is 1.74. The Morgan fingerprint density at radius 2 is 1.65 bits per heavy atom. The topological polar surface area (TPSA) is 0 Å². The van der Waals surface area contributed by atoms with Crippen LogP contribution in [-0.2, 0) is 0 Å². The van der Waals surface area contributed by atoms with E-state index in [9.17, 15) is 0 Å². The first-order valence-electron chi connectivity index (χ1n) is 6.92. The molecule has 1 heteroatoms. The molecule has 0 unspecified atom stereocenters. The van der Waals surface area contributed by atoms with Crippen molar-refractivity contribution in [1.82, 2.24) is 0 Å². The molecule has 92 valence electrons. The second kappa shape index (κ2) is 5.90. The molecule has 0 radical (unpaired) electrons. The standard InChI is InChI=1S/C16H24Ge/c1-17(2,16-11-7-4-8-12-16)14-13-15-9-5-3-6-10-15/h4,7-8,11-13H,3,5-6,9-10,14H2,1-2H3. The molecule has 0 heterocycles. The number of benzene rings is 1. The van der Waals surface area contributed by atoms with Crippen LogP contribution in [0.4, 0.5) is 0 Å². The van der Waals surface area contributed by atoms with Gasteiger partial charge in [0.15, 0.2) is 0 Å². The molecule has 1 aliphatic carbocycles. The SMILES string of the molecule is [CH3][Ge]([CH3])([CH2]C=C1CCCCC1)[c]1ccccc1. The third-order valence-corrected chi connectivity index (χ3v) is 10.5. The van der Waals surface area contributed by atoms with Crippen LogP contribution in [0.1, 0.15) is 32.1 Å². The van der Waals surface area contributed by atoms with E-state index in [0.717, 1.165) is 0 Å². The predicted octanol–water partition coefficient (Wildman–Crippen LogP) is 4.49. The molecule has 1 aromatic carbocycles. The van der Waals surface area contributed by atoms with E-state index in [-0.39, 0.29) is 0 Å². The van der Waals surface area contributed by atoms with E-state index in [0.29, 0.717) is 0 Å². The van der Waals surface area contributed by atoms with E-state index in [1.807, 2.05) is 0 Å². The molecular weight excluding hydrogens is 265 g/mol. The van der Waals surface area contributed by atoms with Crippen LogP contribution in [-0.4, -0.2) is 13.3 Å². The van der Waals surface area contributed by atoms with Gasteiger partial charge in [0, 0.05) is 0 Å². The summed E-state index contributed by atoms with van der Waals surface area (Å²) in [6.45, 7) is 0. The number of allylic oxidation sites excluding steroid dienone is 2. The molecule has 0 N–H and O–H groups in total. The normalized spacial score (nSPS) is 16.9. The maximum absolute atomic E-state index is 2.59. The first-order chi connectivity index (χ1) is 8.18. The summed E-state index contributed by atoms with van der Waals surface area (Å²) in [5, 5.41) is 1.36. The quantitative estimate of drug-likeness (QED) is 0.568. The fourth-order valence-corrected chi connectivity index (χ4v) is 7.08. The first-order valence-corrected chi connectivity index (χ1v) is 13.6. The van der Waals surface area contributed by atoms with Crippen molar-refractivity contribution in [2.75, 3.05) is 0 Å². The monoisotopic (exact) mass is 290 g/mol. The van der Waals surface area contributed by atoms with Gasteiger partial charge in [0.25, 0.3) is 0 Å². The molecular formula is C16H24Ge. The van der Waals surface area contributed by atoms with Crippen LogP contribution in [0.25, 0.3) is 0 Å². The van der Waals surface area contributed by atoms with E-state index < -0.39 is 13.3 Å². The summed E-state index contributed by atoms with van der Waals surface area (Å²) in [7, 11) is 0. The number of hydrogen-bond acceptors (Lipinski definition) is 0. The molecule has 0 nitrogen and oxygen atoms in total. The van der Waals surface area contributed by atoms with E-state index in [4.69, 9.17) is 0 Å². The van der Waals surface area contributed by atoms with E-state index >= 15 is 0 Å². The number of hydrogen-bond donors (Lipinski definition) is 0. The zero-order valence-electron chi connectivity index (χ0n) is 11.2. The summed E-state index contributed by atoms with van der Waals surface area (Å²) in [6, 6.07) is 11.2. The van der Waals surface area contributed by atoms with Gasteiger partial charge in [0.2, 0.25) is 0 Å². The van der Waals surface area contributed by atoms with Crippen molar-refractivity contribution in [3.05, 3.63) is 42.0 Å². The van der Waals surface area contributed by atoms with Gasteiger partial charge in [-0.2, -0.15) is 0 Å². The Labute approximate surface area is 108 Å². The molecule has 1 fully saturated rings. The van der Waals surface area contributed by atoms with Crippen LogP contribution >= 0.6 is 0 Å². The van der Waals surface area contributed by atoms with E-state index in [1.54, 1.807) is 9.97 Å². The van der Waals surface area contributed by atoms with Crippen molar-refractivity contribution in [3.63, 3.8) is 0 Å². The summed E-state index contributed by atoms with van der Waals surface area (Å²) >= 11 is -1.77. The van der Waals surface area contributed by atoms with Crippen molar-refractivity contribution in [2.24, 2.45) is 0 Å². The van der Waals surface area contributed by atoms with Gasteiger partial charge < -0.3 is 0 Å². The van der Waals surface area contributed by atoms with Gasteiger partial charge in [0.1, 0.15) is 0 Å². The molecule has 1 saturated carbocycles. The van der Waals surface area contributed by atoms with Gasteiger partial charge in [-0.15, -0.1) is 0 Å². The minimum atomic E-state index is -1.77. The molecule has 0 saturated heterocycles. The Balaban J connectivity index is 2.02. The Morgan fingerprint density at radius 1 is 1.00 bits per heavy atom. The van der Waals surface area contributed by atoms with Crippen molar-refractivity contribution in [3.8, 4) is 0 Å². The van der Waals surface area contributed by atoms with Gasteiger partial charge in [-0.05, 0) is 0 Å². The molecule has 0 spiro atoms. The molecule has 2 rings (SSSR count). The van der Waals surface area contributed by atoms with E-state index in [2.05, 4.69) is 47.9 Å². The van der Waals surface area contributed by atoms with Crippen LogP contribution in [0.15, 0.2) is 42.0 Å². The average Bonchev–Trinajstić information content (AvgIpc) is 2.39. The summed E-state index contributed by atoms with van der Waals surface area (Å²) in [4.78, 5) is 0. The van der Waals surface area contributed by atoms with Gasteiger partial charge in [-0.25, -0.2) is 0 Å². The molecule has 0 aromatic heterocycles. The second-order valence-electron chi connectivity index (χ2n) is 5.88. The Hall–Kier alpha value is -0.497. The number of rotatable bonds is 3.